The SMILES string of the molecule is COc1cc(/C=C/C(=O)N(CCCN2CCOCC2)c2nc3ccc(Br)cc3s2)cc(OC)c1OC.Cl. The lowest BCUT2D eigenvalue weighted by molar-refractivity contribution is -0.114. The molecule has 3 aromatic rings. The molecule has 2 heterocycles. The summed E-state index contributed by atoms with van der Waals surface area (Å²) >= 11 is 5.03. The molecule has 11 heteroatoms. The van der Waals surface area contributed by atoms with Gasteiger partial charge in [0.2, 0.25) is 5.75 Å². The Balaban J connectivity index is 0.00000380. The van der Waals surface area contributed by atoms with E-state index in [2.05, 4.69) is 20.8 Å². The fourth-order valence-electron chi connectivity index (χ4n) is 4.03. The van der Waals surface area contributed by atoms with Crippen LogP contribution >= 0.6 is 39.7 Å². The topological polar surface area (TPSA) is 73.4 Å². The van der Waals surface area contributed by atoms with Crippen molar-refractivity contribution in [3.8, 4) is 17.2 Å². The molecule has 0 spiro atoms. The maximum Gasteiger partial charge on any atom is 0.252 e. The van der Waals surface area contributed by atoms with E-state index in [1.165, 1.54) is 11.3 Å². The maximum absolute atomic E-state index is 13.5. The van der Waals surface area contributed by atoms with E-state index in [0.29, 0.717) is 28.9 Å². The molecule has 200 valence electrons. The summed E-state index contributed by atoms with van der Waals surface area (Å²) in [6, 6.07) is 9.56. The Morgan fingerprint density at radius 1 is 1.14 bits per heavy atom. The molecule has 0 radical (unpaired) electrons. The molecule has 1 amide bonds. The molecule has 8 nitrogen and oxygen atoms in total. The molecule has 0 bridgehead atoms. The van der Waals surface area contributed by atoms with Gasteiger partial charge >= 0.3 is 0 Å². The van der Waals surface area contributed by atoms with Gasteiger partial charge in [-0.15, -0.1) is 12.4 Å². The molecule has 0 atom stereocenters. The third kappa shape index (κ3) is 7.36. The number of carbonyl (C=O) groups excluding carboxylic acids is 1. The van der Waals surface area contributed by atoms with Crippen LogP contribution in [0.25, 0.3) is 16.3 Å². The summed E-state index contributed by atoms with van der Waals surface area (Å²) in [6.07, 6.45) is 4.16. The van der Waals surface area contributed by atoms with E-state index in [1.54, 1.807) is 38.4 Å². The second-order valence-electron chi connectivity index (χ2n) is 8.20. The molecular formula is C26H31BrClN3O5S. The third-order valence-electron chi connectivity index (χ3n) is 5.90. The van der Waals surface area contributed by atoms with Gasteiger partial charge in [0.25, 0.3) is 5.91 Å². The van der Waals surface area contributed by atoms with E-state index in [1.807, 2.05) is 30.3 Å². The number of ether oxygens (including phenoxy) is 4. The molecular weight excluding hydrogens is 582 g/mol. The van der Waals surface area contributed by atoms with Crippen LogP contribution in [-0.4, -0.2) is 76.5 Å². The number of methoxy groups -OCH3 is 3. The summed E-state index contributed by atoms with van der Waals surface area (Å²) in [7, 11) is 4.69. The summed E-state index contributed by atoms with van der Waals surface area (Å²) in [5.41, 5.74) is 1.64. The van der Waals surface area contributed by atoms with Gasteiger partial charge in [-0.1, -0.05) is 27.3 Å². The lowest BCUT2D eigenvalue weighted by Crippen LogP contribution is -2.39. The van der Waals surface area contributed by atoms with Crippen LogP contribution in [0.1, 0.15) is 12.0 Å². The van der Waals surface area contributed by atoms with Crippen molar-refractivity contribution < 1.29 is 23.7 Å². The Bertz CT molecular complexity index is 1210. The number of hydrogen-bond donors (Lipinski definition) is 0. The van der Waals surface area contributed by atoms with Gasteiger partial charge in [0.1, 0.15) is 0 Å². The number of anilines is 1. The third-order valence-corrected chi connectivity index (χ3v) is 7.44. The van der Waals surface area contributed by atoms with E-state index >= 15 is 0 Å². The number of benzene rings is 2. The number of rotatable bonds is 10. The highest BCUT2D eigenvalue weighted by atomic mass is 79.9. The number of aromatic nitrogens is 1. The van der Waals surface area contributed by atoms with Crippen molar-refractivity contribution in [1.82, 2.24) is 9.88 Å². The van der Waals surface area contributed by atoms with Gasteiger partial charge in [0.05, 0.1) is 44.8 Å². The first kappa shape index (κ1) is 29.2. The Morgan fingerprint density at radius 2 is 1.84 bits per heavy atom. The summed E-state index contributed by atoms with van der Waals surface area (Å²) in [6.45, 7) is 4.82. The van der Waals surface area contributed by atoms with E-state index in [4.69, 9.17) is 23.9 Å². The highest BCUT2D eigenvalue weighted by Gasteiger charge is 2.19. The fraction of sp³-hybridized carbons (Fsp3) is 0.385. The number of nitrogens with zero attached hydrogens (tertiary/aromatic N) is 3. The second-order valence-corrected chi connectivity index (χ2v) is 10.1. The van der Waals surface area contributed by atoms with Gasteiger partial charge in [0.15, 0.2) is 16.6 Å². The molecule has 1 aromatic heterocycles. The van der Waals surface area contributed by atoms with Gasteiger partial charge in [0, 0.05) is 36.7 Å². The zero-order valence-electron chi connectivity index (χ0n) is 21.1. The predicted octanol–water partition coefficient (Wildman–Crippen LogP) is 5.28. The quantitative estimate of drug-likeness (QED) is 0.289. The van der Waals surface area contributed by atoms with Gasteiger partial charge in [-0.3, -0.25) is 14.6 Å². The molecule has 1 aliphatic rings. The van der Waals surface area contributed by atoms with E-state index in [9.17, 15) is 4.79 Å². The van der Waals surface area contributed by atoms with Crippen molar-refractivity contribution in [3.05, 3.63) is 46.4 Å². The number of halogens is 2. The van der Waals surface area contributed by atoms with Crippen LogP contribution in [-0.2, 0) is 9.53 Å². The number of morpholine rings is 1. The normalized spacial score (nSPS) is 13.9. The summed E-state index contributed by atoms with van der Waals surface area (Å²) < 4.78 is 23.7. The zero-order valence-corrected chi connectivity index (χ0v) is 24.3. The van der Waals surface area contributed by atoms with E-state index in [-0.39, 0.29) is 18.3 Å². The van der Waals surface area contributed by atoms with Crippen molar-refractivity contribution in [1.29, 1.82) is 0 Å². The minimum absolute atomic E-state index is 0. The van der Waals surface area contributed by atoms with Crippen molar-refractivity contribution >= 4 is 67.0 Å². The highest BCUT2D eigenvalue weighted by molar-refractivity contribution is 9.10. The van der Waals surface area contributed by atoms with Crippen molar-refractivity contribution in [3.63, 3.8) is 0 Å². The second kappa shape index (κ2) is 14.0. The van der Waals surface area contributed by atoms with Crippen LogP contribution in [0.5, 0.6) is 17.2 Å². The monoisotopic (exact) mass is 611 g/mol. The summed E-state index contributed by atoms with van der Waals surface area (Å²) in [4.78, 5) is 22.3. The number of carbonyl (C=O) groups is 1. The molecule has 1 fully saturated rings. The first-order chi connectivity index (χ1) is 17.5. The number of thiazole rings is 1. The van der Waals surface area contributed by atoms with Crippen molar-refractivity contribution in [2.45, 2.75) is 6.42 Å². The molecule has 2 aromatic carbocycles. The van der Waals surface area contributed by atoms with Crippen LogP contribution < -0.4 is 19.1 Å². The van der Waals surface area contributed by atoms with E-state index < -0.39 is 0 Å². The molecule has 0 aliphatic carbocycles. The minimum Gasteiger partial charge on any atom is -0.493 e. The zero-order chi connectivity index (χ0) is 25.5. The fourth-order valence-corrected chi connectivity index (χ4v) is 5.58. The maximum atomic E-state index is 13.5. The largest absolute Gasteiger partial charge is 0.493 e. The summed E-state index contributed by atoms with van der Waals surface area (Å²) in [5, 5.41) is 0.685. The molecule has 1 saturated heterocycles. The smallest absolute Gasteiger partial charge is 0.252 e. The first-order valence-corrected chi connectivity index (χ1v) is 13.3. The van der Waals surface area contributed by atoms with Gasteiger partial charge < -0.3 is 18.9 Å². The Kier molecular flexibility index (Phi) is 11.0. The summed E-state index contributed by atoms with van der Waals surface area (Å²) in [5.74, 6) is 1.43. The van der Waals surface area contributed by atoms with Gasteiger partial charge in [-0.25, -0.2) is 4.98 Å². The average molecular weight is 613 g/mol. The molecule has 0 saturated carbocycles. The Hall–Kier alpha value is -2.37. The number of hydrogen-bond acceptors (Lipinski definition) is 8. The van der Waals surface area contributed by atoms with Crippen LogP contribution in [0.15, 0.2) is 40.9 Å². The first-order valence-electron chi connectivity index (χ1n) is 11.7. The van der Waals surface area contributed by atoms with Gasteiger partial charge in [-0.2, -0.15) is 0 Å². The predicted molar refractivity (Wildman–Crippen MR) is 154 cm³/mol. The molecule has 4 rings (SSSR count). The molecule has 37 heavy (non-hydrogen) atoms. The Morgan fingerprint density at radius 3 is 2.49 bits per heavy atom. The highest BCUT2D eigenvalue weighted by Crippen LogP contribution is 2.38. The lowest BCUT2D eigenvalue weighted by atomic mass is 10.1. The van der Waals surface area contributed by atoms with Gasteiger partial charge in [-0.05, 0) is 48.4 Å². The molecule has 1 aliphatic heterocycles. The van der Waals surface area contributed by atoms with Crippen molar-refractivity contribution in [2.75, 3.05) is 65.6 Å². The van der Waals surface area contributed by atoms with Crippen LogP contribution in [0, 0.1) is 0 Å². The van der Waals surface area contributed by atoms with Crippen LogP contribution in [0.3, 0.4) is 0 Å². The standard InChI is InChI=1S/C26H30BrN3O5S.ClH/c1-32-21-15-18(16-22(33-2)25(21)34-3)5-8-24(31)30(10-4-9-29-11-13-35-14-12-29)26-28-20-7-6-19(27)17-23(20)36-26;/h5-8,15-17H,4,9-14H2,1-3H3;1H/b8-5+;. The van der Waals surface area contributed by atoms with Crippen LogP contribution in [0.2, 0.25) is 0 Å². The molecule has 0 unspecified atom stereocenters. The lowest BCUT2D eigenvalue weighted by Gasteiger charge is -2.27. The molecule has 0 N–H and O–H groups in total. The van der Waals surface area contributed by atoms with E-state index in [0.717, 1.165) is 59.5 Å². The minimum atomic E-state index is -0.135. The average Bonchev–Trinajstić information content (AvgIpc) is 3.32. The van der Waals surface area contributed by atoms with Crippen LogP contribution in [0.4, 0.5) is 5.13 Å². The number of fused-ring (bicyclic) bond motifs is 1. The van der Waals surface area contributed by atoms with Crippen molar-refractivity contribution in [2.24, 2.45) is 0 Å². The number of amides is 1. The Labute approximate surface area is 235 Å².